The average Bonchev–Trinajstić information content (AvgIpc) is 3.38. The van der Waals surface area contributed by atoms with Crippen LogP contribution in [0.1, 0.15) is 47.4 Å². The first-order chi connectivity index (χ1) is 12.3. The van der Waals surface area contributed by atoms with Crippen LogP contribution in [0, 0.1) is 5.92 Å². The third kappa shape index (κ3) is 3.42. The van der Waals surface area contributed by atoms with Gasteiger partial charge in [0.1, 0.15) is 5.69 Å². The minimum Gasteiger partial charge on any atom is -0.380 e. The highest BCUT2D eigenvalue weighted by atomic mass is 16.5. The van der Waals surface area contributed by atoms with Gasteiger partial charge in [0, 0.05) is 50.1 Å². The lowest BCUT2D eigenvalue weighted by Crippen LogP contribution is -2.40. The van der Waals surface area contributed by atoms with E-state index in [2.05, 4.69) is 22.0 Å². The number of hydrogen-bond acceptors (Lipinski definition) is 5. The number of fused-ring (bicyclic) bond motifs is 1. The molecule has 0 radical (unpaired) electrons. The van der Waals surface area contributed by atoms with Crippen LogP contribution in [0.4, 0.5) is 0 Å². The molecule has 7 nitrogen and oxygen atoms in total. The van der Waals surface area contributed by atoms with Gasteiger partial charge < -0.3 is 9.64 Å². The van der Waals surface area contributed by atoms with E-state index >= 15 is 0 Å². The van der Waals surface area contributed by atoms with E-state index in [4.69, 9.17) is 4.74 Å². The maximum Gasteiger partial charge on any atom is 0.274 e. The fraction of sp³-hybridized carbons (Fsp3) is 0.556. The molecular formula is C18H23N5O2. The van der Waals surface area contributed by atoms with Gasteiger partial charge in [-0.25, -0.2) is 4.98 Å². The normalized spacial score (nSPS) is 19.7. The first-order valence-electron chi connectivity index (χ1n) is 8.94. The van der Waals surface area contributed by atoms with Crippen LogP contribution in [-0.2, 0) is 17.8 Å². The molecule has 7 heteroatoms. The second-order valence-electron chi connectivity index (χ2n) is 6.82. The Morgan fingerprint density at radius 2 is 2.16 bits per heavy atom. The molecule has 1 aliphatic heterocycles. The SMILES string of the molecule is CCn1ncc2c1[C@H](COCC1CC1)CN(C(=O)c1cnccn1)C2. The van der Waals surface area contributed by atoms with Crippen LogP contribution in [0.3, 0.4) is 0 Å². The Balaban J connectivity index is 1.54. The van der Waals surface area contributed by atoms with Crippen molar-refractivity contribution in [2.75, 3.05) is 19.8 Å². The Hall–Kier alpha value is -2.28. The molecule has 3 heterocycles. The Morgan fingerprint density at radius 1 is 1.28 bits per heavy atom. The zero-order valence-electron chi connectivity index (χ0n) is 14.5. The number of aromatic nitrogens is 4. The molecule has 2 aromatic heterocycles. The molecule has 2 aromatic rings. The maximum absolute atomic E-state index is 12.8. The topological polar surface area (TPSA) is 73.1 Å². The first kappa shape index (κ1) is 16.2. The van der Waals surface area contributed by atoms with Gasteiger partial charge in [-0.1, -0.05) is 0 Å². The van der Waals surface area contributed by atoms with Crippen molar-refractivity contribution in [2.45, 2.75) is 38.8 Å². The third-order valence-electron chi connectivity index (χ3n) is 4.89. The van der Waals surface area contributed by atoms with E-state index in [1.54, 1.807) is 12.4 Å². The van der Waals surface area contributed by atoms with Crippen LogP contribution in [0.15, 0.2) is 24.8 Å². The van der Waals surface area contributed by atoms with Crippen LogP contribution >= 0.6 is 0 Å². The summed E-state index contributed by atoms with van der Waals surface area (Å²) in [4.78, 5) is 22.8. The fourth-order valence-electron chi connectivity index (χ4n) is 3.42. The summed E-state index contributed by atoms with van der Waals surface area (Å²) in [7, 11) is 0. The van der Waals surface area contributed by atoms with Crippen LogP contribution in [-0.4, -0.2) is 50.3 Å². The van der Waals surface area contributed by atoms with Gasteiger partial charge in [-0.15, -0.1) is 0 Å². The average molecular weight is 341 g/mol. The van der Waals surface area contributed by atoms with Gasteiger partial charge in [0.2, 0.25) is 0 Å². The summed E-state index contributed by atoms with van der Waals surface area (Å²) in [5.41, 5.74) is 2.69. The summed E-state index contributed by atoms with van der Waals surface area (Å²) in [5, 5.41) is 4.48. The molecule has 0 aromatic carbocycles. The first-order valence-corrected chi connectivity index (χ1v) is 8.94. The smallest absolute Gasteiger partial charge is 0.274 e. The largest absolute Gasteiger partial charge is 0.380 e. The Kier molecular flexibility index (Phi) is 4.48. The van der Waals surface area contributed by atoms with Gasteiger partial charge in [0.15, 0.2) is 0 Å². The lowest BCUT2D eigenvalue weighted by atomic mass is 9.96. The molecule has 2 aliphatic rings. The molecule has 0 saturated heterocycles. The van der Waals surface area contributed by atoms with E-state index in [0.717, 1.165) is 24.6 Å². The number of aryl methyl sites for hydroxylation is 1. The second-order valence-corrected chi connectivity index (χ2v) is 6.82. The van der Waals surface area contributed by atoms with Crippen molar-refractivity contribution in [3.8, 4) is 0 Å². The molecule has 1 saturated carbocycles. The molecule has 0 bridgehead atoms. The minimum absolute atomic E-state index is 0.0878. The van der Waals surface area contributed by atoms with Crippen molar-refractivity contribution in [3.05, 3.63) is 41.7 Å². The summed E-state index contributed by atoms with van der Waals surface area (Å²) in [6.07, 6.45) is 9.08. The van der Waals surface area contributed by atoms with Crippen molar-refractivity contribution in [1.29, 1.82) is 0 Å². The molecule has 1 fully saturated rings. The highest BCUT2D eigenvalue weighted by Gasteiger charge is 2.33. The number of ether oxygens (including phenoxy) is 1. The van der Waals surface area contributed by atoms with Crippen molar-refractivity contribution in [2.24, 2.45) is 5.92 Å². The van der Waals surface area contributed by atoms with E-state index < -0.39 is 0 Å². The summed E-state index contributed by atoms with van der Waals surface area (Å²) in [5.74, 6) is 0.789. The van der Waals surface area contributed by atoms with Crippen LogP contribution in [0.2, 0.25) is 0 Å². The molecule has 0 N–H and O–H groups in total. The Morgan fingerprint density at radius 3 is 2.88 bits per heavy atom. The van der Waals surface area contributed by atoms with Gasteiger partial charge in [-0.2, -0.15) is 5.10 Å². The van der Waals surface area contributed by atoms with E-state index in [0.29, 0.717) is 25.4 Å². The second kappa shape index (κ2) is 6.92. The Labute approximate surface area is 147 Å². The zero-order chi connectivity index (χ0) is 17.2. The van der Waals surface area contributed by atoms with Crippen LogP contribution in [0.25, 0.3) is 0 Å². The minimum atomic E-state index is -0.0878. The molecule has 4 rings (SSSR count). The monoisotopic (exact) mass is 341 g/mol. The Bertz CT molecular complexity index is 741. The number of nitrogens with zero attached hydrogens (tertiary/aromatic N) is 5. The standard InChI is InChI=1S/C18H23N5O2/c1-2-23-17-14(7-21-23)9-22(18(24)16-8-19-5-6-20-16)10-15(17)12-25-11-13-3-4-13/h5-8,13,15H,2-4,9-12H2,1H3/t15-/m0/s1. The number of carbonyl (C=O) groups excluding carboxylic acids is 1. The van der Waals surface area contributed by atoms with Crippen molar-refractivity contribution in [1.82, 2.24) is 24.6 Å². The molecular weight excluding hydrogens is 318 g/mol. The zero-order valence-corrected chi connectivity index (χ0v) is 14.5. The molecule has 0 spiro atoms. The highest BCUT2D eigenvalue weighted by molar-refractivity contribution is 5.92. The van der Waals surface area contributed by atoms with Crippen molar-refractivity contribution >= 4 is 5.91 Å². The van der Waals surface area contributed by atoms with E-state index in [9.17, 15) is 4.79 Å². The van der Waals surface area contributed by atoms with E-state index in [1.165, 1.54) is 24.7 Å². The van der Waals surface area contributed by atoms with Gasteiger partial charge >= 0.3 is 0 Å². The summed E-state index contributed by atoms with van der Waals surface area (Å²) >= 11 is 0. The van der Waals surface area contributed by atoms with Gasteiger partial charge in [-0.05, 0) is 25.7 Å². The number of hydrogen-bond donors (Lipinski definition) is 0. The predicted octanol–water partition coefficient (Wildman–Crippen LogP) is 1.86. The third-order valence-corrected chi connectivity index (χ3v) is 4.89. The highest BCUT2D eigenvalue weighted by Crippen LogP contribution is 2.32. The maximum atomic E-state index is 12.8. The van der Waals surface area contributed by atoms with Crippen molar-refractivity contribution in [3.63, 3.8) is 0 Å². The predicted molar refractivity (Wildman–Crippen MR) is 91.0 cm³/mol. The molecule has 1 aliphatic carbocycles. The number of rotatable bonds is 6. The van der Waals surface area contributed by atoms with Gasteiger partial charge in [0.25, 0.3) is 5.91 Å². The lowest BCUT2D eigenvalue weighted by Gasteiger charge is -2.33. The quantitative estimate of drug-likeness (QED) is 0.802. The van der Waals surface area contributed by atoms with Crippen LogP contribution < -0.4 is 0 Å². The number of carbonyl (C=O) groups is 1. The van der Waals surface area contributed by atoms with Gasteiger partial charge in [0.05, 0.1) is 24.7 Å². The van der Waals surface area contributed by atoms with Gasteiger partial charge in [-0.3, -0.25) is 14.5 Å². The van der Waals surface area contributed by atoms with E-state index in [-0.39, 0.29) is 11.8 Å². The molecule has 1 amide bonds. The summed E-state index contributed by atoms with van der Waals surface area (Å²) in [6.45, 7) is 5.55. The van der Waals surface area contributed by atoms with E-state index in [1.807, 2.05) is 15.8 Å². The number of amides is 1. The van der Waals surface area contributed by atoms with Crippen molar-refractivity contribution < 1.29 is 9.53 Å². The molecule has 25 heavy (non-hydrogen) atoms. The lowest BCUT2D eigenvalue weighted by molar-refractivity contribution is 0.0615. The van der Waals surface area contributed by atoms with Crippen LogP contribution in [0.5, 0.6) is 0 Å². The molecule has 0 unspecified atom stereocenters. The molecule has 132 valence electrons. The summed E-state index contributed by atoms with van der Waals surface area (Å²) < 4.78 is 7.98. The fourth-order valence-corrected chi connectivity index (χ4v) is 3.42. The summed E-state index contributed by atoms with van der Waals surface area (Å²) in [6, 6.07) is 0. The molecule has 1 atom stereocenters.